The first-order chi connectivity index (χ1) is 14.2. The molecule has 3 nitrogen and oxygen atoms in total. The zero-order chi connectivity index (χ0) is 20.2. The van der Waals surface area contributed by atoms with Gasteiger partial charge in [-0.05, 0) is 40.1 Å². The van der Waals surface area contributed by atoms with Crippen LogP contribution < -0.4 is 4.74 Å². The number of benzene rings is 3. The molecule has 5 heteroatoms. The molecule has 1 aliphatic rings. The van der Waals surface area contributed by atoms with Gasteiger partial charge < -0.3 is 4.74 Å². The smallest absolute Gasteiger partial charge is 0.266 e. The molecular weight excluding hydrogens is 398 g/mol. The first-order valence-electron chi connectivity index (χ1n) is 9.21. The van der Waals surface area contributed by atoms with Crippen LogP contribution >= 0.6 is 24.0 Å². The van der Waals surface area contributed by atoms with Gasteiger partial charge in [0.2, 0.25) is 0 Å². The third-order valence-electron chi connectivity index (χ3n) is 4.64. The number of hydrogen-bond donors (Lipinski definition) is 0. The monoisotopic (exact) mass is 417 g/mol. The Balaban J connectivity index is 1.45. The average molecular weight is 418 g/mol. The molecule has 1 fully saturated rings. The van der Waals surface area contributed by atoms with Crippen molar-refractivity contribution in [3.8, 4) is 5.75 Å². The van der Waals surface area contributed by atoms with Crippen LogP contribution in [0.1, 0.15) is 11.1 Å². The molecular formula is C24H19NO2S2. The van der Waals surface area contributed by atoms with Crippen molar-refractivity contribution in [2.24, 2.45) is 0 Å². The minimum absolute atomic E-state index is 0.0730. The molecule has 0 saturated carbocycles. The van der Waals surface area contributed by atoms with Gasteiger partial charge in [-0.3, -0.25) is 9.69 Å². The standard InChI is InChI=1S/C24H19NO2S2/c1-2-14-25-23(26)22(29-24(25)28)15-17-10-12-20(13-11-17)27-16-19-8-5-7-18-6-3-4-9-21(18)19/h2-13,15H,1,14,16H2/b22-15-. The number of thioether (sulfide) groups is 1. The van der Waals surface area contributed by atoms with Crippen molar-refractivity contribution in [2.75, 3.05) is 6.54 Å². The van der Waals surface area contributed by atoms with Crippen LogP contribution in [0, 0.1) is 0 Å². The Morgan fingerprint density at radius 1 is 1.03 bits per heavy atom. The number of carbonyl (C=O) groups excluding carboxylic acids is 1. The number of ether oxygens (including phenoxy) is 1. The molecule has 1 heterocycles. The number of carbonyl (C=O) groups is 1. The number of thiocarbonyl (C=S) groups is 1. The molecule has 0 N–H and O–H groups in total. The summed E-state index contributed by atoms with van der Waals surface area (Å²) in [6.07, 6.45) is 3.53. The molecule has 29 heavy (non-hydrogen) atoms. The van der Waals surface area contributed by atoms with E-state index in [0.29, 0.717) is 22.4 Å². The Labute approximate surface area is 179 Å². The van der Waals surface area contributed by atoms with E-state index in [4.69, 9.17) is 17.0 Å². The van der Waals surface area contributed by atoms with Crippen LogP contribution in [0.25, 0.3) is 16.8 Å². The number of hydrogen-bond acceptors (Lipinski definition) is 4. The Hall–Kier alpha value is -2.89. The van der Waals surface area contributed by atoms with Crippen molar-refractivity contribution < 1.29 is 9.53 Å². The van der Waals surface area contributed by atoms with Gasteiger partial charge >= 0.3 is 0 Å². The van der Waals surface area contributed by atoms with Gasteiger partial charge in [0.25, 0.3) is 5.91 Å². The van der Waals surface area contributed by atoms with Crippen LogP contribution in [0.15, 0.2) is 84.3 Å². The van der Waals surface area contributed by atoms with Crippen LogP contribution in [0.2, 0.25) is 0 Å². The molecule has 0 spiro atoms. The topological polar surface area (TPSA) is 29.5 Å². The average Bonchev–Trinajstić information content (AvgIpc) is 3.01. The molecule has 3 aromatic rings. The SMILES string of the molecule is C=CCN1C(=O)/C(=C/c2ccc(OCc3cccc4ccccc34)cc2)SC1=S. The highest BCUT2D eigenvalue weighted by Gasteiger charge is 2.30. The van der Waals surface area contributed by atoms with Gasteiger partial charge in [0.05, 0.1) is 4.91 Å². The number of fused-ring (bicyclic) bond motifs is 1. The summed E-state index contributed by atoms with van der Waals surface area (Å²) in [6.45, 7) is 4.61. The first kappa shape index (κ1) is 19.4. The Morgan fingerprint density at radius 2 is 1.79 bits per heavy atom. The highest BCUT2D eigenvalue weighted by atomic mass is 32.2. The molecule has 0 aromatic heterocycles. The second-order valence-electron chi connectivity index (χ2n) is 6.58. The summed E-state index contributed by atoms with van der Waals surface area (Å²) in [4.78, 5) is 14.6. The van der Waals surface area contributed by atoms with E-state index in [1.165, 1.54) is 22.5 Å². The van der Waals surface area contributed by atoms with Gasteiger partial charge in [-0.15, -0.1) is 6.58 Å². The zero-order valence-corrected chi connectivity index (χ0v) is 17.3. The quantitative estimate of drug-likeness (QED) is 0.288. The highest BCUT2D eigenvalue weighted by Crippen LogP contribution is 2.32. The zero-order valence-electron chi connectivity index (χ0n) is 15.7. The predicted octanol–water partition coefficient (Wildman–Crippen LogP) is 5.81. The van der Waals surface area contributed by atoms with E-state index in [0.717, 1.165) is 16.9 Å². The van der Waals surface area contributed by atoms with E-state index >= 15 is 0 Å². The van der Waals surface area contributed by atoms with Gasteiger partial charge in [-0.25, -0.2) is 0 Å². The van der Waals surface area contributed by atoms with Gasteiger partial charge in [-0.1, -0.05) is 84.7 Å². The molecule has 0 aliphatic carbocycles. The number of amides is 1. The summed E-state index contributed by atoms with van der Waals surface area (Å²) in [5.74, 6) is 0.713. The van der Waals surface area contributed by atoms with Crippen LogP contribution in [-0.4, -0.2) is 21.7 Å². The van der Waals surface area contributed by atoms with Crippen LogP contribution in [0.5, 0.6) is 5.75 Å². The fourth-order valence-electron chi connectivity index (χ4n) is 3.18. The lowest BCUT2D eigenvalue weighted by Crippen LogP contribution is -2.27. The van der Waals surface area contributed by atoms with E-state index in [1.54, 1.807) is 11.0 Å². The molecule has 144 valence electrons. The fraction of sp³-hybridized carbons (Fsp3) is 0.0833. The minimum Gasteiger partial charge on any atom is -0.489 e. The van der Waals surface area contributed by atoms with Crippen molar-refractivity contribution >= 4 is 51.1 Å². The van der Waals surface area contributed by atoms with E-state index in [9.17, 15) is 4.79 Å². The normalized spacial score (nSPS) is 15.3. The molecule has 0 radical (unpaired) electrons. The van der Waals surface area contributed by atoms with Gasteiger partial charge in [0.1, 0.15) is 16.7 Å². The lowest BCUT2D eigenvalue weighted by atomic mass is 10.1. The molecule has 1 saturated heterocycles. The van der Waals surface area contributed by atoms with Gasteiger partial charge in [0.15, 0.2) is 0 Å². The molecule has 1 aliphatic heterocycles. The third kappa shape index (κ3) is 4.26. The fourth-order valence-corrected chi connectivity index (χ4v) is 4.45. The number of nitrogens with zero attached hydrogens (tertiary/aromatic N) is 1. The third-order valence-corrected chi connectivity index (χ3v) is 6.02. The summed E-state index contributed by atoms with van der Waals surface area (Å²) in [7, 11) is 0. The Bertz CT molecular complexity index is 1110. The highest BCUT2D eigenvalue weighted by molar-refractivity contribution is 8.26. The van der Waals surface area contributed by atoms with Crippen molar-refractivity contribution in [2.45, 2.75) is 6.61 Å². The van der Waals surface area contributed by atoms with Gasteiger partial charge in [-0.2, -0.15) is 0 Å². The molecule has 1 amide bonds. The lowest BCUT2D eigenvalue weighted by molar-refractivity contribution is -0.121. The summed E-state index contributed by atoms with van der Waals surface area (Å²) >= 11 is 6.59. The molecule has 4 rings (SSSR count). The maximum Gasteiger partial charge on any atom is 0.266 e. The van der Waals surface area contributed by atoms with Crippen molar-refractivity contribution in [3.05, 3.63) is 95.4 Å². The van der Waals surface area contributed by atoms with E-state index in [2.05, 4.69) is 30.8 Å². The molecule has 0 atom stereocenters. The van der Waals surface area contributed by atoms with E-state index in [1.807, 2.05) is 48.5 Å². The van der Waals surface area contributed by atoms with E-state index < -0.39 is 0 Å². The van der Waals surface area contributed by atoms with Crippen molar-refractivity contribution in [1.82, 2.24) is 4.90 Å². The summed E-state index contributed by atoms with van der Waals surface area (Å²) < 4.78 is 6.55. The van der Waals surface area contributed by atoms with E-state index in [-0.39, 0.29) is 5.91 Å². The maximum atomic E-state index is 12.4. The van der Waals surface area contributed by atoms with Crippen LogP contribution in [-0.2, 0) is 11.4 Å². The lowest BCUT2D eigenvalue weighted by Gasteiger charge is -2.10. The van der Waals surface area contributed by atoms with Crippen molar-refractivity contribution in [3.63, 3.8) is 0 Å². The molecule has 0 bridgehead atoms. The largest absolute Gasteiger partial charge is 0.489 e. The summed E-state index contributed by atoms with van der Waals surface area (Å²) in [5, 5.41) is 2.41. The number of rotatable bonds is 6. The predicted molar refractivity (Wildman–Crippen MR) is 125 cm³/mol. The van der Waals surface area contributed by atoms with Crippen LogP contribution in [0.4, 0.5) is 0 Å². The second kappa shape index (κ2) is 8.64. The van der Waals surface area contributed by atoms with Crippen molar-refractivity contribution in [1.29, 1.82) is 0 Å². The van der Waals surface area contributed by atoms with Gasteiger partial charge in [0, 0.05) is 6.54 Å². The first-order valence-corrected chi connectivity index (χ1v) is 10.4. The Morgan fingerprint density at radius 3 is 2.59 bits per heavy atom. The molecule has 3 aromatic carbocycles. The second-order valence-corrected chi connectivity index (χ2v) is 8.25. The maximum absolute atomic E-state index is 12.4. The molecule has 0 unspecified atom stereocenters. The Kier molecular flexibility index (Phi) is 5.79. The van der Waals surface area contributed by atoms with Crippen LogP contribution in [0.3, 0.4) is 0 Å². The minimum atomic E-state index is -0.0730. The summed E-state index contributed by atoms with van der Waals surface area (Å²) in [5.41, 5.74) is 2.08. The summed E-state index contributed by atoms with van der Waals surface area (Å²) in [6, 6.07) is 22.2.